The fourth-order valence-corrected chi connectivity index (χ4v) is 6.10. The van der Waals surface area contributed by atoms with Gasteiger partial charge in [0.25, 0.3) is 5.91 Å². The van der Waals surface area contributed by atoms with E-state index >= 15 is 0 Å². The predicted octanol–water partition coefficient (Wildman–Crippen LogP) is 7.09. The summed E-state index contributed by atoms with van der Waals surface area (Å²) in [4.78, 5) is 14.2. The van der Waals surface area contributed by atoms with Gasteiger partial charge in [-0.25, -0.2) is 0 Å². The fourth-order valence-electron chi connectivity index (χ4n) is 4.29. The van der Waals surface area contributed by atoms with Crippen LogP contribution in [0.2, 0.25) is 0 Å². The number of amides is 1. The molecule has 0 fully saturated rings. The molecule has 1 aliphatic carbocycles. The Balaban J connectivity index is 1.58. The van der Waals surface area contributed by atoms with Gasteiger partial charge < -0.3 is 14.8 Å². The molecule has 0 aliphatic heterocycles. The minimum Gasteiger partial charge on any atom is -0.490 e. The highest BCUT2D eigenvalue weighted by atomic mass is 79.9. The van der Waals surface area contributed by atoms with Crippen molar-refractivity contribution in [3.05, 3.63) is 79.1 Å². The van der Waals surface area contributed by atoms with E-state index in [1.807, 2.05) is 38.1 Å². The number of hydrogen-bond acceptors (Lipinski definition) is 6. The van der Waals surface area contributed by atoms with Crippen molar-refractivity contribution in [2.24, 2.45) is 0 Å². The Morgan fingerprint density at radius 1 is 1.19 bits per heavy atom. The Morgan fingerprint density at radius 3 is 2.73 bits per heavy atom. The number of nitrogens with zero attached hydrogens (tertiary/aromatic N) is 2. The fraction of sp³-hybridized carbons (Fsp3) is 0.276. The Morgan fingerprint density at radius 2 is 2.00 bits per heavy atom. The maximum atomic E-state index is 13.0. The van der Waals surface area contributed by atoms with Gasteiger partial charge >= 0.3 is 0 Å². The lowest BCUT2D eigenvalue weighted by atomic mass is 9.96. The monoisotopic (exact) mass is 575 g/mol. The first-order chi connectivity index (χ1) is 17.9. The quantitative estimate of drug-likeness (QED) is 0.228. The summed E-state index contributed by atoms with van der Waals surface area (Å²) in [5.74, 6) is 0.504. The summed E-state index contributed by atoms with van der Waals surface area (Å²) in [7, 11) is 0. The summed E-state index contributed by atoms with van der Waals surface area (Å²) < 4.78 is 12.5. The number of nitrogens with one attached hydrogen (secondary N) is 1. The minimum atomic E-state index is -0.550. The zero-order valence-electron chi connectivity index (χ0n) is 20.7. The molecule has 6 nitrogen and oxygen atoms in total. The van der Waals surface area contributed by atoms with Crippen LogP contribution >= 0.6 is 27.3 Å². The smallest absolute Gasteiger partial charge is 0.266 e. The summed E-state index contributed by atoms with van der Waals surface area (Å²) in [6.07, 6.45) is 5.39. The molecule has 0 unspecified atom stereocenters. The van der Waals surface area contributed by atoms with E-state index < -0.39 is 5.91 Å². The molecule has 0 bridgehead atoms. The van der Waals surface area contributed by atoms with Crippen LogP contribution in [0, 0.1) is 29.6 Å². The highest BCUT2D eigenvalue weighted by Crippen LogP contribution is 2.39. The second-order valence-corrected chi connectivity index (χ2v) is 10.7. The van der Waals surface area contributed by atoms with E-state index in [9.17, 15) is 15.3 Å². The molecule has 1 N–H and O–H groups in total. The molecule has 0 radical (unpaired) electrons. The van der Waals surface area contributed by atoms with Crippen LogP contribution in [-0.2, 0) is 24.2 Å². The zero-order chi connectivity index (χ0) is 26.4. The number of nitriles is 2. The van der Waals surface area contributed by atoms with Crippen LogP contribution in [0.1, 0.15) is 52.5 Å². The van der Waals surface area contributed by atoms with Crippen molar-refractivity contribution in [2.45, 2.75) is 46.1 Å². The Labute approximate surface area is 229 Å². The predicted molar refractivity (Wildman–Crippen MR) is 149 cm³/mol. The van der Waals surface area contributed by atoms with Gasteiger partial charge in [0, 0.05) is 4.88 Å². The van der Waals surface area contributed by atoms with E-state index in [1.54, 1.807) is 12.1 Å². The normalized spacial score (nSPS) is 12.7. The van der Waals surface area contributed by atoms with Gasteiger partial charge in [-0.15, -0.1) is 11.3 Å². The SMILES string of the molecule is CCOc1cc(/C=C(\C#N)C(=O)Nc2sc3c(c2C#N)CCCC3)cc(Br)c1OCc1cccc(C)c1. The molecule has 0 saturated heterocycles. The van der Waals surface area contributed by atoms with Gasteiger partial charge in [0.05, 0.1) is 16.6 Å². The minimum absolute atomic E-state index is 0.0713. The number of anilines is 1. The summed E-state index contributed by atoms with van der Waals surface area (Å²) in [5, 5.41) is 22.7. The van der Waals surface area contributed by atoms with Crippen molar-refractivity contribution in [1.82, 2.24) is 0 Å². The number of carbonyl (C=O) groups is 1. The second kappa shape index (κ2) is 12.1. The van der Waals surface area contributed by atoms with Gasteiger partial charge in [-0.2, -0.15) is 10.5 Å². The molecule has 1 aliphatic rings. The van der Waals surface area contributed by atoms with Crippen molar-refractivity contribution in [3.63, 3.8) is 0 Å². The van der Waals surface area contributed by atoms with Gasteiger partial charge in [-0.05, 0) is 90.4 Å². The third-order valence-corrected chi connectivity index (χ3v) is 7.78. The van der Waals surface area contributed by atoms with E-state index in [0.717, 1.165) is 47.3 Å². The highest BCUT2D eigenvalue weighted by Gasteiger charge is 2.23. The molecule has 3 aromatic rings. The van der Waals surface area contributed by atoms with Crippen LogP contribution < -0.4 is 14.8 Å². The third-order valence-electron chi connectivity index (χ3n) is 5.98. The van der Waals surface area contributed by atoms with Crippen LogP contribution in [0.5, 0.6) is 11.5 Å². The number of hydrogen-bond donors (Lipinski definition) is 1. The molecular formula is C29H26BrN3O3S. The first-order valence-electron chi connectivity index (χ1n) is 12.1. The topological polar surface area (TPSA) is 95.1 Å². The van der Waals surface area contributed by atoms with Gasteiger partial charge in [0.15, 0.2) is 11.5 Å². The van der Waals surface area contributed by atoms with Gasteiger partial charge in [-0.3, -0.25) is 4.79 Å². The van der Waals surface area contributed by atoms with E-state index in [-0.39, 0.29) is 5.57 Å². The molecule has 37 heavy (non-hydrogen) atoms. The number of benzene rings is 2. The van der Waals surface area contributed by atoms with Crippen molar-refractivity contribution < 1.29 is 14.3 Å². The number of carbonyl (C=O) groups excluding carboxylic acids is 1. The molecule has 2 aromatic carbocycles. The average molecular weight is 577 g/mol. The Kier molecular flexibility index (Phi) is 8.66. The largest absolute Gasteiger partial charge is 0.490 e. The van der Waals surface area contributed by atoms with Crippen molar-refractivity contribution >= 4 is 44.3 Å². The van der Waals surface area contributed by atoms with Crippen LogP contribution in [0.15, 0.2) is 46.4 Å². The number of thiophene rings is 1. The van der Waals surface area contributed by atoms with Crippen molar-refractivity contribution in [3.8, 4) is 23.6 Å². The lowest BCUT2D eigenvalue weighted by molar-refractivity contribution is -0.112. The number of halogens is 1. The number of rotatable bonds is 8. The molecule has 1 heterocycles. The molecule has 8 heteroatoms. The van der Waals surface area contributed by atoms with Crippen LogP contribution in [0.4, 0.5) is 5.00 Å². The van der Waals surface area contributed by atoms with Gasteiger partial charge in [0.2, 0.25) is 0 Å². The number of aryl methyl sites for hydroxylation is 2. The maximum absolute atomic E-state index is 13.0. The first kappa shape index (κ1) is 26.5. The van der Waals surface area contributed by atoms with Crippen LogP contribution in [0.3, 0.4) is 0 Å². The second-order valence-electron chi connectivity index (χ2n) is 8.69. The lowest BCUT2D eigenvalue weighted by Crippen LogP contribution is -2.13. The van der Waals surface area contributed by atoms with Crippen LogP contribution in [0.25, 0.3) is 6.08 Å². The summed E-state index contributed by atoms with van der Waals surface area (Å²) in [6, 6.07) is 15.8. The summed E-state index contributed by atoms with van der Waals surface area (Å²) in [6.45, 7) is 4.70. The van der Waals surface area contributed by atoms with Crippen LogP contribution in [-0.4, -0.2) is 12.5 Å². The Hall–Kier alpha value is -3.59. The summed E-state index contributed by atoms with van der Waals surface area (Å²) in [5.41, 5.74) is 4.27. The molecule has 4 rings (SSSR count). The standard InChI is InChI=1S/C29H26BrN3O3S/c1-3-35-25-14-20(13-24(30)27(25)36-17-19-8-6-7-18(2)11-19)12-21(15-31)28(34)33-29-23(16-32)22-9-4-5-10-26(22)37-29/h6-8,11-14H,3-5,9-10,17H2,1-2H3,(H,33,34)/b21-12+. The maximum Gasteiger partial charge on any atom is 0.266 e. The van der Waals surface area contributed by atoms with E-state index in [4.69, 9.17) is 9.47 Å². The molecule has 188 valence electrons. The Bertz CT molecular complexity index is 1450. The molecule has 1 amide bonds. The van der Waals surface area contributed by atoms with Crippen molar-refractivity contribution in [1.29, 1.82) is 10.5 Å². The number of ether oxygens (including phenoxy) is 2. The van der Waals surface area contributed by atoms with E-state index in [0.29, 0.717) is 45.3 Å². The summed E-state index contributed by atoms with van der Waals surface area (Å²) >= 11 is 4.99. The molecule has 1 aromatic heterocycles. The molecular weight excluding hydrogens is 550 g/mol. The average Bonchev–Trinajstić information content (AvgIpc) is 3.23. The number of fused-ring (bicyclic) bond motifs is 1. The molecule has 0 spiro atoms. The first-order valence-corrected chi connectivity index (χ1v) is 13.7. The highest BCUT2D eigenvalue weighted by molar-refractivity contribution is 9.10. The molecule has 0 saturated carbocycles. The van der Waals surface area contributed by atoms with Gasteiger partial charge in [-0.1, -0.05) is 29.8 Å². The lowest BCUT2D eigenvalue weighted by Gasteiger charge is -2.15. The van der Waals surface area contributed by atoms with Gasteiger partial charge in [0.1, 0.15) is 29.3 Å². The molecule has 0 atom stereocenters. The zero-order valence-corrected chi connectivity index (χ0v) is 23.1. The van der Waals surface area contributed by atoms with Crippen molar-refractivity contribution in [2.75, 3.05) is 11.9 Å². The van der Waals surface area contributed by atoms with E-state index in [2.05, 4.69) is 33.4 Å². The third kappa shape index (κ3) is 6.22. The van der Waals surface area contributed by atoms with E-state index in [1.165, 1.54) is 17.4 Å².